The Hall–Kier alpha value is -3.86. The van der Waals surface area contributed by atoms with Crippen LogP contribution in [0.15, 0.2) is 42.9 Å². The fraction of sp³-hybridized carbons (Fsp3) is 0.217. The number of nitrogens with one attached hydrogen (secondary N) is 2. The summed E-state index contributed by atoms with van der Waals surface area (Å²) in [5.41, 5.74) is 4.23. The van der Waals surface area contributed by atoms with Gasteiger partial charge in [-0.3, -0.25) is 4.98 Å². The zero-order chi connectivity index (χ0) is 23.9. The van der Waals surface area contributed by atoms with E-state index in [4.69, 9.17) is 4.74 Å². The Kier molecular flexibility index (Phi) is 5.48. The molecule has 9 nitrogen and oxygen atoms in total. The maximum Gasteiger partial charge on any atom is 0.237 e. The van der Waals surface area contributed by atoms with E-state index in [-0.39, 0.29) is 5.75 Å². The number of pyridine rings is 2. The summed E-state index contributed by atoms with van der Waals surface area (Å²) in [6.07, 6.45) is 5.82. The Bertz CT molecular complexity index is 1510. The number of nitrogens with zero attached hydrogens (tertiary/aromatic N) is 4. The topological polar surface area (TPSA) is 119 Å². The second kappa shape index (κ2) is 8.49. The van der Waals surface area contributed by atoms with Gasteiger partial charge >= 0.3 is 0 Å². The van der Waals surface area contributed by atoms with E-state index in [0.717, 1.165) is 17.5 Å². The molecule has 0 spiro atoms. The zero-order valence-corrected chi connectivity index (χ0v) is 19.3. The highest BCUT2D eigenvalue weighted by Gasteiger charge is 2.19. The van der Waals surface area contributed by atoms with Crippen LogP contribution in [0.25, 0.3) is 22.0 Å². The molecule has 0 atom stereocenters. The molecule has 0 aliphatic carbocycles. The minimum Gasteiger partial charge on any atom is -0.474 e. The Morgan fingerprint density at radius 3 is 2.74 bits per heavy atom. The molecule has 174 valence electrons. The molecule has 1 aliphatic heterocycles. The smallest absolute Gasteiger partial charge is 0.237 e. The maximum atomic E-state index is 15.0. The number of hydrogen-bond donors (Lipinski definition) is 2. The van der Waals surface area contributed by atoms with Crippen LogP contribution in [0.4, 0.5) is 21.7 Å². The van der Waals surface area contributed by atoms with Gasteiger partial charge in [0.1, 0.15) is 18.1 Å². The van der Waals surface area contributed by atoms with Gasteiger partial charge < -0.3 is 15.4 Å². The molecule has 1 aliphatic rings. The minimum absolute atomic E-state index is 0.132. The number of hydrogen-bond acceptors (Lipinski definition) is 9. The van der Waals surface area contributed by atoms with Crippen molar-refractivity contribution < 1.29 is 17.5 Å². The fourth-order valence-electron chi connectivity index (χ4n) is 3.79. The summed E-state index contributed by atoms with van der Waals surface area (Å²) in [5.74, 6) is 0.285. The van der Waals surface area contributed by atoms with Gasteiger partial charge in [-0.05, 0) is 36.8 Å². The lowest BCUT2D eigenvalue weighted by Gasteiger charge is -2.21. The van der Waals surface area contributed by atoms with Gasteiger partial charge in [0.2, 0.25) is 11.8 Å². The van der Waals surface area contributed by atoms with Crippen molar-refractivity contribution in [1.82, 2.24) is 19.9 Å². The monoisotopic (exact) mass is 480 g/mol. The highest BCUT2D eigenvalue weighted by atomic mass is 32.2. The second-order valence-corrected chi connectivity index (χ2v) is 10.2. The van der Waals surface area contributed by atoms with Crippen LogP contribution in [0, 0.1) is 12.7 Å². The van der Waals surface area contributed by atoms with Crippen molar-refractivity contribution in [2.24, 2.45) is 0 Å². The highest BCUT2D eigenvalue weighted by molar-refractivity contribution is 7.89. The zero-order valence-electron chi connectivity index (χ0n) is 18.5. The lowest BCUT2D eigenvalue weighted by Crippen LogP contribution is -2.20. The molecule has 1 aromatic carbocycles. The van der Waals surface area contributed by atoms with Crippen molar-refractivity contribution in [3.63, 3.8) is 0 Å². The largest absolute Gasteiger partial charge is 0.474 e. The SMILES string of the molecule is Cc1c(-c2cc3nc(Nc4ccc(CS(C)(=O)=O)nc4)ncc3cc2F)cnc2c1NCCO2. The van der Waals surface area contributed by atoms with Gasteiger partial charge in [-0.2, -0.15) is 0 Å². The quantitative estimate of drug-likeness (QED) is 0.441. The van der Waals surface area contributed by atoms with Gasteiger partial charge in [-0.15, -0.1) is 0 Å². The molecule has 0 amide bonds. The summed E-state index contributed by atoms with van der Waals surface area (Å²) in [6.45, 7) is 3.09. The van der Waals surface area contributed by atoms with Crippen LogP contribution in [0.1, 0.15) is 11.3 Å². The summed E-state index contributed by atoms with van der Waals surface area (Å²) in [5, 5.41) is 6.87. The first kappa shape index (κ1) is 22.0. The van der Waals surface area contributed by atoms with Crippen molar-refractivity contribution in [3.8, 4) is 17.0 Å². The number of fused-ring (bicyclic) bond motifs is 2. The van der Waals surface area contributed by atoms with Crippen LogP contribution in [-0.2, 0) is 15.6 Å². The van der Waals surface area contributed by atoms with Gasteiger partial charge in [0.05, 0.1) is 28.8 Å². The molecule has 0 fully saturated rings. The number of rotatable bonds is 5. The average molecular weight is 481 g/mol. The molecule has 0 bridgehead atoms. The number of halogens is 1. The molecule has 0 saturated heterocycles. The number of benzene rings is 1. The van der Waals surface area contributed by atoms with E-state index in [1.165, 1.54) is 18.5 Å². The van der Waals surface area contributed by atoms with Crippen molar-refractivity contribution in [2.75, 3.05) is 30.0 Å². The standard InChI is InChI=1S/C23H21FN6O3S/c1-13-18(11-27-22-21(13)25-5-6-33-22)17-8-20-14(7-19(17)24)9-28-23(30-20)29-15-3-4-16(26-10-15)12-34(2,31)32/h3-4,7-11,25H,5-6,12H2,1-2H3,(H,28,29,30). The number of sulfone groups is 1. The van der Waals surface area contributed by atoms with E-state index in [2.05, 4.69) is 30.6 Å². The number of ether oxygens (including phenoxy) is 1. The average Bonchev–Trinajstić information content (AvgIpc) is 2.80. The van der Waals surface area contributed by atoms with Crippen LogP contribution < -0.4 is 15.4 Å². The molecule has 0 radical (unpaired) electrons. The van der Waals surface area contributed by atoms with Crippen molar-refractivity contribution in [2.45, 2.75) is 12.7 Å². The molecule has 11 heteroatoms. The number of aromatic nitrogens is 4. The lowest BCUT2D eigenvalue weighted by molar-refractivity contribution is 0.310. The van der Waals surface area contributed by atoms with Gasteiger partial charge in [0.25, 0.3) is 0 Å². The molecule has 3 aromatic heterocycles. The van der Waals surface area contributed by atoms with E-state index in [1.807, 2.05) is 6.92 Å². The van der Waals surface area contributed by atoms with E-state index in [1.54, 1.807) is 24.4 Å². The second-order valence-electron chi connectivity index (χ2n) is 8.07. The summed E-state index contributed by atoms with van der Waals surface area (Å²) in [6, 6.07) is 6.40. The third-order valence-corrected chi connectivity index (χ3v) is 6.22. The van der Waals surface area contributed by atoms with Crippen molar-refractivity contribution in [1.29, 1.82) is 0 Å². The predicted octanol–water partition coefficient (Wildman–Crippen LogP) is 3.63. The normalized spacial score (nSPS) is 13.1. The molecule has 4 heterocycles. The molecule has 4 aromatic rings. The Labute approximate surface area is 195 Å². The number of anilines is 3. The molecule has 0 unspecified atom stereocenters. The Morgan fingerprint density at radius 2 is 1.97 bits per heavy atom. The van der Waals surface area contributed by atoms with Crippen LogP contribution in [0.5, 0.6) is 5.88 Å². The first-order valence-corrected chi connectivity index (χ1v) is 12.6. The Balaban J connectivity index is 1.46. The third kappa shape index (κ3) is 4.46. The molecule has 5 rings (SSSR count). The van der Waals surface area contributed by atoms with Gasteiger partial charge in [0.15, 0.2) is 9.84 Å². The fourth-order valence-corrected chi connectivity index (χ4v) is 4.50. The van der Waals surface area contributed by atoms with E-state index >= 15 is 4.39 Å². The molecule has 0 saturated carbocycles. The molecular formula is C23H21FN6O3S. The summed E-state index contributed by atoms with van der Waals surface area (Å²) in [7, 11) is -3.17. The highest BCUT2D eigenvalue weighted by Crippen LogP contribution is 2.37. The lowest BCUT2D eigenvalue weighted by atomic mass is 9.99. The minimum atomic E-state index is -3.17. The van der Waals surface area contributed by atoms with Gasteiger partial charge in [-0.25, -0.2) is 27.8 Å². The predicted molar refractivity (Wildman–Crippen MR) is 128 cm³/mol. The summed E-state index contributed by atoms with van der Waals surface area (Å²) < 4.78 is 43.4. The van der Waals surface area contributed by atoms with E-state index in [9.17, 15) is 8.42 Å². The van der Waals surface area contributed by atoms with Crippen LogP contribution in [0.3, 0.4) is 0 Å². The van der Waals surface area contributed by atoms with Crippen LogP contribution >= 0.6 is 0 Å². The van der Waals surface area contributed by atoms with E-state index < -0.39 is 15.7 Å². The first-order chi connectivity index (χ1) is 16.3. The van der Waals surface area contributed by atoms with Gasteiger partial charge in [0, 0.05) is 41.7 Å². The van der Waals surface area contributed by atoms with Crippen molar-refractivity contribution >= 4 is 38.1 Å². The van der Waals surface area contributed by atoms with Crippen LogP contribution in [0.2, 0.25) is 0 Å². The van der Waals surface area contributed by atoms with Crippen molar-refractivity contribution in [3.05, 3.63) is 59.9 Å². The summed E-state index contributed by atoms with van der Waals surface area (Å²) >= 11 is 0. The van der Waals surface area contributed by atoms with Crippen LogP contribution in [-0.4, -0.2) is 47.8 Å². The third-order valence-electron chi connectivity index (χ3n) is 5.40. The maximum absolute atomic E-state index is 15.0. The van der Waals surface area contributed by atoms with Gasteiger partial charge in [-0.1, -0.05) is 0 Å². The Morgan fingerprint density at radius 1 is 1.12 bits per heavy atom. The summed E-state index contributed by atoms with van der Waals surface area (Å²) in [4.78, 5) is 17.3. The molecule has 2 N–H and O–H groups in total. The molecule has 34 heavy (non-hydrogen) atoms. The first-order valence-electron chi connectivity index (χ1n) is 10.5. The molecular weight excluding hydrogens is 459 g/mol. The van der Waals surface area contributed by atoms with E-state index in [0.29, 0.717) is 58.4 Å².